The van der Waals surface area contributed by atoms with Gasteiger partial charge in [0.25, 0.3) is 0 Å². The average molecular weight is 198 g/mol. The Kier molecular flexibility index (Phi) is 4.02. The van der Waals surface area contributed by atoms with Crippen molar-refractivity contribution in [3.63, 3.8) is 0 Å². The first-order valence-corrected chi connectivity index (χ1v) is 5.48. The SMILES string of the molecule is CCCc1cc(OC)nc(SC)n1. The Morgan fingerprint density at radius 1 is 1.46 bits per heavy atom. The monoisotopic (exact) mass is 198 g/mol. The minimum atomic E-state index is 0.655. The van der Waals surface area contributed by atoms with E-state index in [2.05, 4.69) is 16.9 Å². The number of hydrogen-bond acceptors (Lipinski definition) is 4. The fourth-order valence-electron chi connectivity index (χ4n) is 1.03. The third kappa shape index (κ3) is 2.88. The van der Waals surface area contributed by atoms with Crippen molar-refractivity contribution in [2.24, 2.45) is 0 Å². The molecule has 0 amide bonds. The maximum atomic E-state index is 5.08. The molecule has 0 aromatic carbocycles. The molecule has 0 atom stereocenters. The molecule has 0 radical (unpaired) electrons. The second-order valence-corrected chi connectivity index (χ2v) is 3.41. The Hall–Kier alpha value is -0.770. The van der Waals surface area contributed by atoms with E-state index in [-0.39, 0.29) is 0 Å². The van der Waals surface area contributed by atoms with E-state index in [0.717, 1.165) is 23.7 Å². The minimum absolute atomic E-state index is 0.655. The number of hydrogen-bond donors (Lipinski definition) is 0. The van der Waals surface area contributed by atoms with Crippen LogP contribution in [-0.4, -0.2) is 23.3 Å². The van der Waals surface area contributed by atoms with Gasteiger partial charge in [-0.05, 0) is 12.7 Å². The van der Waals surface area contributed by atoms with E-state index in [1.807, 2.05) is 12.3 Å². The number of aromatic nitrogens is 2. The maximum absolute atomic E-state index is 5.08. The van der Waals surface area contributed by atoms with Crippen molar-refractivity contribution in [1.29, 1.82) is 0 Å². The smallest absolute Gasteiger partial charge is 0.217 e. The molecule has 1 aromatic heterocycles. The number of nitrogens with zero attached hydrogens (tertiary/aromatic N) is 2. The van der Waals surface area contributed by atoms with E-state index >= 15 is 0 Å². The van der Waals surface area contributed by atoms with Crippen LogP contribution in [0.1, 0.15) is 19.0 Å². The molecule has 0 N–H and O–H groups in total. The molecule has 0 saturated carbocycles. The molecule has 0 aliphatic heterocycles. The molecule has 13 heavy (non-hydrogen) atoms. The van der Waals surface area contributed by atoms with Crippen LogP contribution in [0.2, 0.25) is 0 Å². The molecule has 1 rings (SSSR count). The van der Waals surface area contributed by atoms with Gasteiger partial charge in [0, 0.05) is 11.8 Å². The molecule has 1 heterocycles. The zero-order valence-corrected chi connectivity index (χ0v) is 9.02. The van der Waals surface area contributed by atoms with Crippen LogP contribution in [-0.2, 0) is 6.42 Å². The number of rotatable bonds is 4. The molecule has 0 fully saturated rings. The van der Waals surface area contributed by atoms with Gasteiger partial charge in [-0.15, -0.1) is 0 Å². The first-order valence-electron chi connectivity index (χ1n) is 4.26. The van der Waals surface area contributed by atoms with Gasteiger partial charge in [0.05, 0.1) is 7.11 Å². The van der Waals surface area contributed by atoms with Crippen LogP contribution < -0.4 is 4.74 Å². The lowest BCUT2D eigenvalue weighted by Crippen LogP contribution is -1.97. The molecule has 0 spiro atoms. The number of ether oxygens (including phenoxy) is 1. The van der Waals surface area contributed by atoms with Gasteiger partial charge >= 0.3 is 0 Å². The Morgan fingerprint density at radius 2 is 2.23 bits per heavy atom. The van der Waals surface area contributed by atoms with Crippen molar-refractivity contribution in [3.8, 4) is 5.88 Å². The van der Waals surface area contributed by atoms with Gasteiger partial charge in [0.1, 0.15) is 0 Å². The fourth-order valence-corrected chi connectivity index (χ4v) is 1.42. The van der Waals surface area contributed by atoms with Crippen molar-refractivity contribution in [2.75, 3.05) is 13.4 Å². The van der Waals surface area contributed by atoms with Crippen molar-refractivity contribution in [3.05, 3.63) is 11.8 Å². The quantitative estimate of drug-likeness (QED) is 0.548. The summed E-state index contributed by atoms with van der Waals surface area (Å²) >= 11 is 1.54. The largest absolute Gasteiger partial charge is 0.481 e. The summed E-state index contributed by atoms with van der Waals surface area (Å²) in [6.07, 6.45) is 4.03. The van der Waals surface area contributed by atoms with Crippen LogP contribution >= 0.6 is 11.8 Å². The van der Waals surface area contributed by atoms with Crippen molar-refractivity contribution < 1.29 is 4.74 Å². The van der Waals surface area contributed by atoms with E-state index in [0.29, 0.717) is 5.88 Å². The lowest BCUT2D eigenvalue weighted by atomic mass is 10.2. The summed E-state index contributed by atoms with van der Waals surface area (Å²) in [7, 11) is 1.63. The Morgan fingerprint density at radius 3 is 2.77 bits per heavy atom. The number of thioether (sulfide) groups is 1. The second-order valence-electron chi connectivity index (χ2n) is 2.64. The lowest BCUT2D eigenvalue weighted by Gasteiger charge is -2.04. The fraction of sp³-hybridized carbons (Fsp3) is 0.556. The first kappa shape index (κ1) is 10.3. The second kappa shape index (κ2) is 5.07. The number of methoxy groups -OCH3 is 1. The molecule has 0 unspecified atom stereocenters. The Labute approximate surface area is 82.9 Å². The van der Waals surface area contributed by atoms with E-state index in [4.69, 9.17) is 4.74 Å². The van der Waals surface area contributed by atoms with Crippen LogP contribution in [0, 0.1) is 0 Å². The van der Waals surface area contributed by atoms with Gasteiger partial charge in [-0.3, -0.25) is 0 Å². The van der Waals surface area contributed by atoms with Gasteiger partial charge in [-0.1, -0.05) is 25.1 Å². The van der Waals surface area contributed by atoms with E-state index in [1.165, 1.54) is 11.8 Å². The van der Waals surface area contributed by atoms with Crippen molar-refractivity contribution >= 4 is 11.8 Å². The summed E-state index contributed by atoms with van der Waals surface area (Å²) in [4.78, 5) is 8.54. The molecular weight excluding hydrogens is 184 g/mol. The maximum Gasteiger partial charge on any atom is 0.217 e. The molecule has 4 heteroatoms. The highest BCUT2D eigenvalue weighted by atomic mass is 32.2. The molecule has 0 aliphatic carbocycles. The molecule has 0 bridgehead atoms. The summed E-state index contributed by atoms with van der Waals surface area (Å²) in [6.45, 7) is 2.13. The van der Waals surface area contributed by atoms with Crippen LogP contribution in [0.3, 0.4) is 0 Å². The normalized spacial score (nSPS) is 10.1. The van der Waals surface area contributed by atoms with Gasteiger partial charge < -0.3 is 4.74 Å². The summed E-state index contributed by atoms with van der Waals surface area (Å²) in [5, 5.41) is 0.780. The van der Waals surface area contributed by atoms with Gasteiger partial charge in [0.15, 0.2) is 5.16 Å². The summed E-state index contributed by atoms with van der Waals surface area (Å²) < 4.78 is 5.08. The molecular formula is C9H14N2OS. The predicted octanol–water partition coefficient (Wildman–Crippen LogP) is 2.16. The highest BCUT2D eigenvalue weighted by molar-refractivity contribution is 7.98. The van der Waals surface area contributed by atoms with Crippen LogP contribution in [0.4, 0.5) is 0 Å². The Bertz CT molecular complexity index is 256. The summed E-state index contributed by atoms with van der Waals surface area (Å²) in [6, 6.07) is 1.89. The van der Waals surface area contributed by atoms with Crippen molar-refractivity contribution in [2.45, 2.75) is 24.9 Å². The third-order valence-corrected chi connectivity index (χ3v) is 2.18. The van der Waals surface area contributed by atoms with E-state index in [9.17, 15) is 0 Å². The third-order valence-electron chi connectivity index (χ3n) is 1.63. The highest BCUT2D eigenvalue weighted by Crippen LogP contribution is 2.16. The van der Waals surface area contributed by atoms with Gasteiger partial charge in [-0.2, -0.15) is 4.98 Å². The van der Waals surface area contributed by atoms with E-state index in [1.54, 1.807) is 7.11 Å². The van der Waals surface area contributed by atoms with Gasteiger partial charge in [-0.25, -0.2) is 4.98 Å². The Balaban J connectivity index is 2.93. The van der Waals surface area contributed by atoms with Crippen molar-refractivity contribution in [1.82, 2.24) is 9.97 Å². The van der Waals surface area contributed by atoms with E-state index < -0.39 is 0 Å². The zero-order chi connectivity index (χ0) is 9.68. The number of aryl methyl sites for hydroxylation is 1. The highest BCUT2D eigenvalue weighted by Gasteiger charge is 2.02. The molecule has 0 saturated heterocycles. The molecule has 3 nitrogen and oxygen atoms in total. The summed E-state index contributed by atoms with van der Waals surface area (Å²) in [5.74, 6) is 0.655. The molecule has 1 aromatic rings. The standard InChI is InChI=1S/C9H14N2OS/c1-4-5-7-6-8(12-2)11-9(10-7)13-3/h6H,4-5H2,1-3H3. The van der Waals surface area contributed by atoms with Crippen LogP contribution in [0.15, 0.2) is 11.2 Å². The van der Waals surface area contributed by atoms with Gasteiger partial charge in [0.2, 0.25) is 5.88 Å². The molecule has 72 valence electrons. The average Bonchev–Trinajstić information content (AvgIpc) is 2.17. The topological polar surface area (TPSA) is 35.0 Å². The minimum Gasteiger partial charge on any atom is -0.481 e. The van der Waals surface area contributed by atoms with Crippen LogP contribution in [0.5, 0.6) is 5.88 Å². The first-order chi connectivity index (χ1) is 6.30. The lowest BCUT2D eigenvalue weighted by molar-refractivity contribution is 0.391. The van der Waals surface area contributed by atoms with Crippen LogP contribution in [0.25, 0.3) is 0 Å². The molecule has 0 aliphatic rings. The predicted molar refractivity (Wildman–Crippen MR) is 54.4 cm³/mol. The summed E-state index contributed by atoms with van der Waals surface area (Å²) in [5.41, 5.74) is 1.05. The zero-order valence-electron chi connectivity index (χ0n) is 8.20.